The van der Waals surface area contributed by atoms with Crippen molar-refractivity contribution in [1.82, 2.24) is 0 Å². The first-order valence-electron chi connectivity index (χ1n) is 3.87. The molecule has 2 aromatic rings. The summed E-state index contributed by atoms with van der Waals surface area (Å²) in [4.78, 5) is 13.4. The molecule has 0 atom stereocenters. The Hall–Kier alpha value is -1.05. The van der Waals surface area contributed by atoms with E-state index in [9.17, 15) is 4.79 Å². The summed E-state index contributed by atoms with van der Waals surface area (Å²) >= 11 is 0.292. The molecule has 0 aliphatic rings. The van der Waals surface area contributed by atoms with Gasteiger partial charge in [-0.2, -0.15) is 0 Å². The van der Waals surface area contributed by atoms with Crippen LogP contribution in [0, 0.1) is 0 Å². The minimum absolute atomic E-state index is 0.234. The van der Waals surface area contributed by atoms with Crippen molar-refractivity contribution < 1.29 is 9.53 Å². The predicted octanol–water partition coefficient (Wildman–Crippen LogP) is 1.68. The number of methoxy groups -OCH3 is 1. The first-order valence-corrected chi connectivity index (χ1v) is 5.72. The van der Waals surface area contributed by atoms with Crippen LogP contribution in [0.1, 0.15) is 10.4 Å². The van der Waals surface area contributed by atoms with Crippen LogP contribution in [0.4, 0.5) is 0 Å². The van der Waals surface area contributed by atoms with Crippen molar-refractivity contribution in [2.75, 3.05) is 7.11 Å². The third-order valence-corrected chi connectivity index (χ3v) is 3.91. The number of carbonyl (C=O) groups is 1. The summed E-state index contributed by atoms with van der Waals surface area (Å²) < 4.78 is 5.85. The molecule has 13 heavy (non-hydrogen) atoms. The molecule has 2 nitrogen and oxygen atoms in total. The van der Waals surface area contributed by atoms with Crippen LogP contribution < -0.4 is 0 Å². The van der Waals surface area contributed by atoms with E-state index in [-0.39, 0.29) is 5.97 Å². The van der Waals surface area contributed by atoms with Gasteiger partial charge in [-0.25, -0.2) is 0 Å². The maximum absolute atomic E-state index is 11.3. The molecule has 1 aromatic heterocycles. The fraction of sp³-hybridized carbons (Fsp3) is 0.100. The van der Waals surface area contributed by atoms with Gasteiger partial charge in [-0.3, -0.25) is 0 Å². The second kappa shape index (κ2) is 3.36. The van der Waals surface area contributed by atoms with E-state index in [1.165, 1.54) is 7.11 Å². The van der Waals surface area contributed by atoms with Crippen molar-refractivity contribution in [3.05, 3.63) is 34.8 Å². The van der Waals surface area contributed by atoms with Gasteiger partial charge in [0.15, 0.2) is 0 Å². The number of rotatable bonds is 1. The van der Waals surface area contributed by atoms with Crippen LogP contribution in [0.3, 0.4) is 0 Å². The van der Waals surface area contributed by atoms with Gasteiger partial charge >= 0.3 is 81.5 Å². The summed E-state index contributed by atoms with van der Waals surface area (Å²) in [6.07, 6.45) is 0. The van der Waals surface area contributed by atoms with Gasteiger partial charge in [0.05, 0.1) is 0 Å². The van der Waals surface area contributed by atoms with Gasteiger partial charge in [-0.15, -0.1) is 0 Å². The maximum atomic E-state index is 11.3. The molecule has 0 fully saturated rings. The van der Waals surface area contributed by atoms with Gasteiger partial charge in [0.25, 0.3) is 0 Å². The zero-order valence-electron chi connectivity index (χ0n) is 7.11. The molecule has 0 radical (unpaired) electrons. The normalized spacial score (nSPS) is 10.2. The van der Waals surface area contributed by atoms with Gasteiger partial charge in [0.2, 0.25) is 0 Å². The molecule has 1 aromatic carbocycles. The fourth-order valence-electron chi connectivity index (χ4n) is 1.26. The molecule has 66 valence electrons. The molecule has 0 saturated carbocycles. The molecule has 0 N–H and O–H groups in total. The van der Waals surface area contributed by atoms with Crippen molar-refractivity contribution in [2.24, 2.45) is 0 Å². The van der Waals surface area contributed by atoms with Crippen molar-refractivity contribution >= 4 is 30.1 Å². The summed E-state index contributed by atoms with van der Waals surface area (Å²) in [5.74, 6) is -0.234. The van der Waals surface area contributed by atoms with Gasteiger partial charge in [0, 0.05) is 0 Å². The van der Waals surface area contributed by atoms with Crippen LogP contribution in [0.2, 0.25) is 0 Å². The Morgan fingerprint density at radius 1 is 1.38 bits per heavy atom. The third-order valence-electron chi connectivity index (χ3n) is 1.88. The Bertz CT molecular complexity index is 445. The van der Waals surface area contributed by atoms with Gasteiger partial charge in [0.1, 0.15) is 0 Å². The van der Waals surface area contributed by atoms with Crippen molar-refractivity contribution in [3.63, 3.8) is 0 Å². The van der Waals surface area contributed by atoms with E-state index in [4.69, 9.17) is 4.74 Å². The number of carbonyl (C=O) groups excluding carboxylic acids is 1. The van der Waals surface area contributed by atoms with Crippen LogP contribution in [-0.4, -0.2) is 27.6 Å². The molecular formula is C10H8O2Se. The second-order valence-corrected chi connectivity index (χ2v) is 4.56. The summed E-state index contributed by atoms with van der Waals surface area (Å²) in [7, 11) is 1.41. The second-order valence-electron chi connectivity index (χ2n) is 2.64. The van der Waals surface area contributed by atoms with E-state index < -0.39 is 0 Å². The molecule has 2 rings (SSSR count). The monoisotopic (exact) mass is 240 g/mol. The van der Waals surface area contributed by atoms with Crippen LogP contribution in [0.5, 0.6) is 0 Å². The number of fused-ring (bicyclic) bond motifs is 1. The molecule has 0 amide bonds. The average molecular weight is 239 g/mol. The topological polar surface area (TPSA) is 26.3 Å². The molecule has 0 unspecified atom stereocenters. The van der Waals surface area contributed by atoms with Gasteiger partial charge < -0.3 is 0 Å². The zero-order chi connectivity index (χ0) is 9.26. The van der Waals surface area contributed by atoms with Crippen molar-refractivity contribution in [3.8, 4) is 0 Å². The number of esters is 1. The van der Waals surface area contributed by atoms with Crippen molar-refractivity contribution in [1.29, 1.82) is 0 Å². The van der Waals surface area contributed by atoms with Crippen LogP contribution in [0.15, 0.2) is 29.2 Å². The van der Waals surface area contributed by atoms with Crippen LogP contribution >= 0.6 is 0 Å². The van der Waals surface area contributed by atoms with E-state index in [1.54, 1.807) is 0 Å². The summed E-state index contributed by atoms with van der Waals surface area (Å²) in [5, 5.41) is 1.16. The minimum atomic E-state index is -0.234. The van der Waals surface area contributed by atoms with E-state index in [1.807, 2.05) is 18.2 Å². The van der Waals surface area contributed by atoms with E-state index in [0.29, 0.717) is 20.1 Å². The molecule has 0 aliphatic heterocycles. The Kier molecular flexibility index (Phi) is 2.21. The standard InChI is InChI=1S/C10H8O2Se/c1-12-10(11)8-4-2-3-7-5-6-13-9(7)8/h2-6H,1H3. The molecule has 0 saturated heterocycles. The predicted molar refractivity (Wildman–Crippen MR) is 52.2 cm³/mol. The zero-order valence-corrected chi connectivity index (χ0v) is 8.82. The van der Waals surface area contributed by atoms with E-state index in [0.717, 1.165) is 9.65 Å². The Morgan fingerprint density at radius 2 is 2.23 bits per heavy atom. The molecule has 0 aliphatic carbocycles. The van der Waals surface area contributed by atoms with Crippen LogP contribution in [0.25, 0.3) is 9.65 Å². The first-order chi connectivity index (χ1) is 6.33. The number of hydrogen-bond acceptors (Lipinski definition) is 2. The number of hydrogen-bond donors (Lipinski definition) is 0. The molecular weight excluding hydrogens is 231 g/mol. The number of benzene rings is 1. The molecule has 1 heterocycles. The molecule has 0 spiro atoms. The summed E-state index contributed by atoms with van der Waals surface area (Å²) in [5.41, 5.74) is 0.713. The number of ether oxygens (including phenoxy) is 1. The molecule has 0 bridgehead atoms. The van der Waals surface area contributed by atoms with Crippen molar-refractivity contribution in [2.45, 2.75) is 0 Å². The van der Waals surface area contributed by atoms with E-state index in [2.05, 4.69) is 11.0 Å². The third kappa shape index (κ3) is 1.41. The summed E-state index contributed by atoms with van der Waals surface area (Å²) in [6.45, 7) is 0. The molecule has 3 heteroatoms. The Morgan fingerprint density at radius 3 is 3.00 bits per heavy atom. The van der Waals surface area contributed by atoms with E-state index >= 15 is 0 Å². The van der Waals surface area contributed by atoms with Gasteiger partial charge in [-0.1, -0.05) is 0 Å². The fourth-order valence-corrected chi connectivity index (χ4v) is 3.15. The average Bonchev–Trinajstić information content (AvgIpc) is 2.63. The Balaban J connectivity index is 2.67. The SMILES string of the molecule is COC(=O)c1cccc2cc[se]c12. The summed E-state index contributed by atoms with van der Waals surface area (Å²) in [6, 6.07) is 7.78. The Labute approximate surface area is 81.9 Å². The van der Waals surface area contributed by atoms with Crippen LogP contribution in [-0.2, 0) is 4.74 Å². The quantitative estimate of drug-likeness (QED) is 0.559. The van der Waals surface area contributed by atoms with Gasteiger partial charge in [-0.05, 0) is 0 Å². The first kappa shape index (κ1) is 8.54.